The van der Waals surface area contributed by atoms with Gasteiger partial charge in [-0.25, -0.2) is 0 Å². The fourth-order valence-corrected chi connectivity index (χ4v) is 2.87. The lowest BCUT2D eigenvalue weighted by Crippen LogP contribution is -2.19. The number of hydrogen-bond acceptors (Lipinski definition) is 2. The molecular weight excluding hydrogens is 314 g/mol. The molecule has 0 aliphatic carbocycles. The van der Waals surface area contributed by atoms with Crippen LogP contribution in [-0.4, -0.2) is 7.11 Å². The first-order valence-electron chi connectivity index (χ1n) is 6.73. The van der Waals surface area contributed by atoms with Crippen molar-refractivity contribution >= 4 is 15.9 Å². The highest BCUT2D eigenvalue weighted by Gasteiger charge is 2.10. The lowest BCUT2D eigenvalue weighted by atomic mass is 10.1. The molecule has 0 saturated carbocycles. The van der Waals surface area contributed by atoms with Crippen LogP contribution in [0.3, 0.4) is 0 Å². The number of aryl methyl sites for hydroxylation is 1. The molecule has 0 bridgehead atoms. The molecule has 3 heteroatoms. The summed E-state index contributed by atoms with van der Waals surface area (Å²) in [6.45, 7) is 5.05. The van der Waals surface area contributed by atoms with Gasteiger partial charge >= 0.3 is 0 Å². The van der Waals surface area contributed by atoms with Crippen LogP contribution in [0.4, 0.5) is 0 Å². The minimum Gasteiger partial charge on any atom is -0.496 e. The normalized spacial score (nSPS) is 12.2. The predicted octanol–water partition coefficient (Wildman–Crippen LogP) is 4.62. The van der Waals surface area contributed by atoms with Gasteiger partial charge in [0.1, 0.15) is 5.75 Å². The monoisotopic (exact) mass is 333 g/mol. The van der Waals surface area contributed by atoms with Crippen LogP contribution in [0, 0.1) is 6.92 Å². The average molecular weight is 334 g/mol. The van der Waals surface area contributed by atoms with E-state index in [1.54, 1.807) is 7.11 Å². The van der Waals surface area contributed by atoms with Crippen molar-refractivity contribution in [1.82, 2.24) is 5.32 Å². The Labute approximate surface area is 129 Å². The van der Waals surface area contributed by atoms with Crippen LogP contribution in [0.2, 0.25) is 0 Å². The fourth-order valence-electron chi connectivity index (χ4n) is 2.24. The molecule has 0 radical (unpaired) electrons. The number of halogens is 1. The summed E-state index contributed by atoms with van der Waals surface area (Å²) in [6, 6.07) is 14.8. The minimum absolute atomic E-state index is 0.274. The summed E-state index contributed by atoms with van der Waals surface area (Å²) in [6.07, 6.45) is 0. The zero-order valence-electron chi connectivity index (χ0n) is 12.1. The van der Waals surface area contributed by atoms with Crippen molar-refractivity contribution in [3.8, 4) is 5.75 Å². The zero-order chi connectivity index (χ0) is 14.5. The van der Waals surface area contributed by atoms with Gasteiger partial charge in [-0.2, -0.15) is 0 Å². The van der Waals surface area contributed by atoms with Crippen molar-refractivity contribution in [2.24, 2.45) is 0 Å². The summed E-state index contributed by atoms with van der Waals surface area (Å²) in [5, 5.41) is 3.55. The van der Waals surface area contributed by atoms with Crippen molar-refractivity contribution in [3.63, 3.8) is 0 Å². The first kappa shape index (κ1) is 15.1. The fraction of sp³-hybridized carbons (Fsp3) is 0.294. The summed E-state index contributed by atoms with van der Waals surface area (Å²) >= 11 is 3.60. The van der Waals surface area contributed by atoms with Gasteiger partial charge in [0.05, 0.1) is 7.11 Å². The number of benzene rings is 2. The zero-order valence-corrected chi connectivity index (χ0v) is 13.7. The SMILES string of the molecule is COc1ccc(C)cc1CN[C@@H](C)c1ccccc1Br. The molecule has 0 heterocycles. The Hall–Kier alpha value is -1.32. The van der Waals surface area contributed by atoms with Crippen molar-refractivity contribution in [2.75, 3.05) is 7.11 Å². The van der Waals surface area contributed by atoms with E-state index in [1.807, 2.05) is 12.1 Å². The lowest BCUT2D eigenvalue weighted by Gasteiger charge is -2.17. The van der Waals surface area contributed by atoms with Gasteiger partial charge in [0, 0.05) is 22.6 Å². The highest BCUT2D eigenvalue weighted by molar-refractivity contribution is 9.10. The van der Waals surface area contributed by atoms with Gasteiger partial charge in [-0.05, 0) is 31.5 Å². The van der Waals surface area contributed by atoms with Crippen molar-refractivity contribution < 1.29 is 4.74 Å². The molecule has 2 aromatic rings. The van der Waals surface area contributed by atoms with Gasteiger partial charge in [-0.1, -0.05) is 51.8 Å². The molecule has 20 heavy (non-hydrogen) atoms. The van der Waals surface area contributed by atoms with Gasteiger partial charge in [0.2, 0.25) is 0 Å². The molecule has 0 aromatic heterocycles. The molecule has 0 spiro atoms. The van der Waals surface area contributed by atoms with Gasteiger partial charge in [-0.15, -0.1) is 0 Å². The lowest BCUT2D eigenvalue weighted by molar-refractivity contribution is 0.406. The summed E-state index contributed by atoms with van der Waals surface area (Å²) in [7, 11) is 1.71. The molecule has 0 fully saturated rings. The molecule has 106 valence electrons. The first-order chi connectivity index (χ1) is 9.61. The molecule has 2 nitrogen and oxygen atoms in total. The summed E-state index contributed by atoms with van der Waals surface area (Å²) in [4.78, 5) is 0. The van der Waals surface area contributed by atoms with Crippen LogP contribution >= 0.6 is 15.9 Å². The minimum atomic E-state index is 0.274. The Kier molecular flexibility index (Phi) is 5.21. The molecule has 1 atom stereocenters. The van der Waals surface area contributed by atoms with Crippen LogP contribution < -0.4 is 10.1 Å². The molecule has 0 aliphatic heterocycles. The van der Waals surface area contributed by atoms with Crippen LogP contribution in [0.1, 0.15) is 29.7 Å². The Balaban J connectivity index is 2.09. The van der Waals surface area contributed by atoms with E-state index >= 15 is 0 Å². The maximum atomic E-state index is 5.41. The maximum absolute atomic E-state index is 5.41. The van der Waals surface area contributed by atoms with Gasteiger partial charge in [-0.3, -0.25) is 0 Å². The summed E-state index contributed by atoms with van der Waals surface area (Å²) in [5.74, 6) is 0.933. The van der Waals surface area contributed by atoms with E-state index in [4.69, 9.17) is 4.74 Å². The Morgan fingerprint density at radius 2 is 1.95 bits per heavy atom. The second kappa shape index (κ2) is 6.91. The van der Waals surface area contributed by atoms with E-state index in [0.29, 0.717) is 0 Å². The molecule has 0 amide bonds. The topological polar surface area (TPSA) is 21.3 Å². The first-order valence-corrected chi connectivity index (χ1v) is 7.52. The van der Waals surface area contributed by atoms with E-state index in [2.05, 4.69) is 65.4 Å². The predicted molar refractivity (Wildman–Crippen MR) is 87.1 cm³/mol. The molecule has 0 saturated heterocycles. The molecular formula is C17H20BrNO. The second-order valence-corrected chi connectivity index (χ2v) is 5.79. The number of hydrogen-bond donors (Lipinski definition) is 1. The number of rotatable bonds is 5. The smallest absolute Gasteiger partial charge is 0.123 e. The van der Waals surface area contributed by atoms with Crippen LogP contribution in [0.5, 0.6) is 5.75 Å². The third-order valence-electron chi connectivity index (χ3n) is 3.41. The Morgan fingerprint density at radius 1 is 1.20 bits per heavy atom. The number of methoxy groups -OCH3 is 1. The van der Waals surface area contributed by atoms with E-state index in [9.17, 15) is 0 Å². The summed E-state index contributed by atoms with van der Waals surface area (Å²) < 4.78 is 6.55. The van der Waals surface area contributed by atoms with Gasteiger partial charge < -0.3 is 10.1 Å². The quantitative estimate of drug-likeness (QED) is 0.862. The number of nitrogens with one attached hydrogen (secondary N) is 1. The Morgan fingerprint density at radius 3 is 2.65 bits per heavy atom. The average Bonchev–Trinajstić information content (AvgIpc) is 2.45. The molecule has 2 rings (SSSR count). The molecule has 0 aliphatic rings. The van der Waals surface area contributed by atoms with E-state index in [0.717, 1.165) is 16.8 Å². The van der Waals surface area contributed by atoms with Crippen LogP contribution in [0.15, 0.2) is 46.9 Å². The molecule has 2 aromatic carbocycles. The standard InChI is InChI=1S/C17H20BrNO/c1-12-8-9-17(20-3)14(10-12)11-19-13(2)15-6-4-5-7-16(15)18/h4-10,13,19H,11H2,1-3H3/t13-/m0/s1. The van der Waals surface area contributed by atoms with Crippen molar-refractivity contribution in [1.29, 1.82) is 0 Å². The van der Waals surface area contributed by atoms with Crippen molar-refractivity contribution in [2.45, 2.75) is 26.4 Å². The highest BCUT2D eigenvalue weighted by atomic mass is 79.9. The third-order valence-corrected chi connectivity index (χ3v) is 4.13. The second-order valence-electron chi connectivity index (χ2n) is 4.94. The van der Waals surface area contributed by atoms with Crippen molar-refractivity contribution in [3.05, 3.63) is 63.6 Å². The van der Waals surface area contributed by atoms with E-state index in [1.165, 1.54) is 16.7 Å². The third kappa shape index (κ3) is 3.62. The van der Waals surface area contributed by atoms with Crippen LogP contribution in [0.25, 0.3) is 0 Å². The highest BCUT2D eigenvalue weighted by Crippen LogP contribution is 2.24. The number of ether oxygens (including phenoxy) is 1. The van der Waals surface area contributed by atoms with E-state index < -0.39 is 0 Å². The van der Waals surface area contributed by atoms with Gasteiger partial charge in [0.15, 0.2) is 0 Å². The largest absolute Gasteiger partial charge is 0.496 e. The van der Waals surface area contributed by atoms with Gasteiger partial charge in [0.25, 0.3) is 0 Å². The molecule has 0 unspecified atom stereocenters. The van der Waals surface area contributed by atoms with E-state index in [-0.39, 0.29) is 6.04 Å². The molecule has 1 N–H and O–H groups in total. The maximum Gasteiger partial charge on any atom is 0.123 e. The Bertz CT molecular complexity index is 583. The summed E-state index contributed by atoms with van der Waals surface area (Å²) in [5.41, 5.74) is 3.70. The van der Waals surface area contributed by atoms with Crippen LogP contribution in [-0.2, 0) is 6.54 Å².